The van der Waals surface area contributed by atoms with Gasteiger partial charge in [-0.25, -0.2) is 15.0 Å². The minimum atomic E-state index is 0.658. The first-order chi connectivity index (χ1) is 23.8. The Balaban J connectivity index is 1.16. The molecule has 0 saturated carbocycles. The Morgan fingerprint density at radius 1 is 0.312 bits per heavy atom. The molecule has 0 bridgehead atoms. The first-order valence-corrected chi connectivity index (χ1v) is 17.6. The van der Waals surface area contributed by atoms with E-state index >= 15 is 0 Å². The molecule has 7 aromatic carbocycles. The maximum absolute atomic E-state index is 5.17. The van der Waals surface area contributed by atoms with Gasteiger partial charge in [0.2, 0.25) is 0 Å². The number of fused-ring (bicyclic) bond motifs is 8. The highest BCUT2D eigenvalue weighted by molar-refractivity contribution is 7.27. The van der Waals surface area contributed by atoms with Gasteiger partial charge in [0, 0.05) is 62.4 Å². The summed E-state index contributed by atoms with van der Waals surface area (Å²) in [5.74, 6) is 2.00. The average molecular weight is 648 g/mol. The van der Waals surface area contributed by atoms with Crippen molar-refractivity contribution < 1.29 is 0 Å². The summed E-state index contributed by atoms with van der Waals surface area (Å²) in [5.41, 5.74) is 5.27. The van der Waals surface area contributed by atoms with Gasteiger partial charge in [0.1, 0.15) is 0 Å². The van der Waals surface area contributed by atoms with E-state index in [1.165, 1.54) is 56.7 Å². The van der Waals surface area contributed by atoms with Crippen LogP contribution in [0.25, 0.3) is 96.4 Å². The third kappa shape index (κ3) is 4.36. The standard InChI is InChI=1S/C43H25N3S2/c1-2-11-26(12-3-1)41-44-42(46-43(45-41)36-20-10-19-34-31-15-4-6-21-37(31)48-40(34)36)28-14-8-13-27(25-28)29-17-9-18-33-30(29)23-24-35-32-16-5-7-22-38(32)47-39(33)35/h1-25H. The smallest absolute Gasteiger partial charge is 0.165 e. The molecule has 10 aromatic rings. The van der Waals surface area contributed by atoms with Crippen molar-refractivity contribution in [2.24, 2.45) is 0 Å². The molecule has 0 amide bonds. The summed E-state index contributed by atoms with van der Waals surface area (Å²) < 4.78 is 5.09. The zero-order valence-corrected chi connectivity index (χ0v) is 27.2. The van der Waals surface area contributed by atoms with Crippen LogP contribution in [0.1, 0.15) is 0 Å². The molecule has 48 heavy (non-hydrogen) atoms. The third-order valence-electron chi connectivity index (χ3n) is 9.15. The van der Waals surface area contributed by atoms with Gasteiger partial charge < -0.3 is 0 Å². The molecule has 5 heteroatoms. The molecule has 0 unspecified atom stereocenters. The monoisotopic (exact) mass is 647 g/mol. The predicted octanol–water partition coefficient (Wildman–Crippen LogP) is 12.4. The van der Waals surface area contributed by atoms with Crippen LogP contribution in [-0.4, -0.2) is 15.0 Å². The molecule has 0 aliphatic heterocycles. The highest BCUT2D eigenvalue weighted by Crippen LogP contribution is 2.42. The van der Waals surface area contributed by atoms with Gasteiger partial charge in [0.25, 0.3) is 0 Å². The second kappa shape index (κ2) is 10.9. The van der Waals surface area contributed by atoms with Crippen molar-refractivity contribution in [3.05, 3.63) is 152 Å². The van der Waals surface area contributed by atoms with Crippen LogP contribution in [0.5, 0.6) is 0 Å². The molecule has 0 radical (unpaired) electrons. The largest absolute Gasteiger partial charge is 0.208 e. The SMILES string of the molecule is c1ccc(-c2nc(-c3cccc(-c4cccc5c4ccc4c6ccccc6sc54)c3)nc(-c3cccc4c3sc3ccccc34)n2)cc1. The normalized spacial score (nSPS) is 11.8. The molecule has 0 spiro atoms. The third-order valence-corrected chi connectivity index (χ3v) is 11.6. The van der Waals surface area contributed by atoms with Gasteiger partial charge in [-0.1, -0.05) is 127 Å². The van der Waals surface area contributed by atoms with Crippen LogP contribution >= 0.6 is 22.7 Å². The second-order valence-electron chi connectivity index (χ2n) is 12.0. The number of hydrogen-bond acceptors (Lipinski definition) is 5. The fourth-order valence-corrected chi connectivity index (χ4v) is 9.33. The van der Waals surface area contributed by atoms with E-state index in [-0.39, 0.29) is 0 Å². The van der Waals surface area contributed by atoms with Crippen molar-refractivity contribution in [1.29, 1.82) is 0 Å². The zero-order valence-electron chi connectivity index (χ0n) is 25.6. The predicted molar refractivity (Wildman–Crippen MR) is 205 cm³/mol. The lowest BCUT2D eigenvalue weighted by atomic mass is 9.96. The Bertz CT molecular complexity index is 2850. The first kappa shape index (κ1) is 27.4. The zero-order chi connectivity index (χ0) is 31.6. The molecule has 0 aliphatic carbocycles. The van der Waals surface area contributed by atoms with E-state index in [0.717, 1.165) is 22.3 Å². The Morgan fingerprint density at radius 2 is 0.812 bits per heavy atom. The molecule has 0 saturated heterocycles. The lowest BCUT2D eigenvalue weighted by Crippen LogP contribution is -2.00. The van der Waals surface area contributed by atoms with Crippen molar-refractivity contribution in [3.63, 3.8) is 0 Å². The Morgan fingerprint density at radius 3 is 1.58 bits per heavy atom. The van der Waals surface area contributed by atoms with E-state index in [4.69, 9.17) is 15.0 Å². The number of hydrogen-bond donors (Lipinski definition) is 0. The first-order valence-electron chi connectivity index (χ1n) is 15.9. The summed E-state index contributed by atoms with van der Waals surface area (Å²) >= 11 is 3.66. The van der Waals surface area contributed by atoms with E-state index in [1.807, 2.05) is 29.5 Å². The number of rotatable bonds is 4. The van der Waals surface area contributed by atoms with Crippen LogP contribution in [0, 0.1) is 0 Å². The van der Waals surface area contributed by atoms with Crippen LogP contribution in [0.3, 0.4) is 0 Å². The van der Waals surface area contributed by atoms with Gasteiger partial charge in [-0.05, 0) is 40.8 Å². The molecule has 3 nitrogen and oxygen atoms in total. The highest BCUT2D eigenvalue weighted by Gasteiger charge is 2.17. The summed E-state index contributed by atoms with van der Waals surface area (Å²) in [6.07, 6.45) is 0. The number of thiophene rings is 2. The van der Waals surface area contributed by atoms with Crippen molar-refractivity contribution in [2.45, 2.75) is 0 Å². The van der Waals surface area contributed by atoms with Crippen molar-refractivity contribution in [1.82, 2.24) is 15.0 Å². The van der Waals surface area contributed by atoms with Crippen LogP contribution in [0.4, 0.5) is 0 Å². The molecule has 0 aliphatic rings. The molecular formula is C43H25N3S2. The van der Waals surface area contributed by atoms with Crippen LogP contribution in [0.2, 0.25) is 0 Å². The fraction of sp³-hybridized carbons (Fsp3) is 0. The maximum atomic E-state index is 5.17. The van der Waals surface area contributed by atoms with Crippen LogP contribution in [0.15, 0.2) is 152 Å². The maximum Gasteiger partial charge on any atom is 0.165 e. The summed E-state index contributed by atoms with van der Waals surface area (Å²) in [5, 5.41) is 7.63. The van der Waals surface area contributed by atoms with Gasteiger partial charge in [0.05, 0.1) is 0 Å². The van der Waals surface area contributed by atoms with Crippen molar-refractivity contribution >= 4 is 73.8 Å². The van der Waals surface area contributed by atoms with E-state index in [2.05, 4.69) is 133 Å². The lowest BCUT2D eigenvalue weighted by Gasteiger charge is -2.11. The van der Waals surface area contributed by atoms with E-state index in [1.54, 1.807) is 11.3 Å². The number of aromatic nitrogens is 3. The number of benzene rings is 7. The fourth-order valence-electron chi connectivity index (χ4n) is 6.88. The van der Waals surface area contributed by atoms with Gasteiger partial charge in [-0.15, -0.1) is 22.7 Å². The number of nitrogens with zero attached hydrogens (tertiary/aromatic N) is 3. The highest BCUT2D eigenvalue weighted by atomic mass is 32.1. The van der Waals surface area contributed by atoms with Gasteiger partial charge in [-0.3, -0.25) is 0 Å². The molecular weight excluding hydrogens is 623 g/mol. The Hall–Kier alpha value is -5.75. The lowest BCUT2D eigenvalue weighted by molar-refractivity contribution is 1.08. The van der Waals surface area contributed by atoms with E-state index in [9.17, 15) is 0 Å². The summed E-state index contributed by atoms with van der Waals surface area (Å²) in [7, 11) is 0. The molecule has 0 N–H and O–H groups in total. The minimum absolute atomic E-state index is 0.658. The molecule has 224 valence electrons. The van der Waals surface area contributed by atoms with E-state index < -0.39 is 0 Å². The quantitative estimate of drug-likeness (QED) is 0.191. The summed E-state index contributed by atoms with van der Waals surface area (Å²) in [4.78, 5) is 15.3. The van der Waals surface area contributed by atoms with Crippen LogP contribution < -0.4 is 0 Å². The second-order valence-corrected chi connectivity index (χ2v) is 14.1. The van der Waals surface area contributed by atoms with E-state index in [0.29, 0.717) is 17.5 Å². The summed E-state index contributed by atoms with van der Waals surface area (Å²) in [6.45, 7) is 0. The van der Waals surface area contributed by atoms with Crippen LogP contribution in [-0.2, 0) is 0 Å². The molecule has 0 fully saturated rings. The van der Waals surface area contributed by atoms with Crippen molar-refractivity contribution in [2.75, 3.05) is 0 Å². The average Bonchev–Trinajstić information content (AvgIpc) is 3.74. The topological polar surface area (TPSA) is 38.7 Å². The van der Waals surface area contributed by atoms with Gasteiger partial charge >= 0.3 is 0 Å². The molecule has 3 aromatic heterocycles. The Kier molecular flexibility index (Phi) is 6.22. The molecule has 10 rings (SSSR count). The Labute approximate surface area is 284 Å². The van der Waals surface area contributed by atoms with Gasteiger partial charge in [-0.2, -0.15) is 0 Å². The minimum Gasteiger partial charge on any atom is -0.208 e. The van der Waals surface area contributed by atoms with Gasteiger partial charge in [0.15, 0.2) is 17.5 Å². The molecule has 0 atom stereocenters. The molecule has 3 heterocycles. The summed E-state index contributed by atoms with van der Waals surface area (Å²) in [6, 6.07) is 53.7. The van der Waals surface area contributed by atoms with Crippen molar-refractivity contribution in [3.8, 4) is 45.3 Å².